The Kier molecular flexibility index (Phi) is 5.59. The molecular formula is C18H18N4O2. The number of aldehydes is 1. The first-order valence-corrected chi connectivity index (χ1v) is 7.22. The van der Waals surface area contributed by atoms with Crippen molar-refractivity contribution in [3.63, 3.8) is 0 Å². The number of nitrogens with zero attached hydrogens (tertiary/aromatic N) is 2. The van der Waals surface area contributed by atoms with Crippen LogP contribution in [0.4, 0.5) is 11.4 Å². The monoisotopic (exact) mass is 322 g/mol. The normalized spacial score (nSPS) is 10.8. The number of rotatable bonds is 6. The Morgan fingerprint density at radius 3 is 2.42 bits per heavy atom. The lowest BCUT2D eigenvalue weighted by molar-refractivity contribution is -0.112. The van der Waals surface area contributed by atoms with Crippen LogP contribution in [0.1, 0.15) is 17.3 Å². The van der Waals surface area contributed by atoms with Crippen molar-refractivity contribution in [1.82, 2.24) is 0 Å². The fourth-order valence-electron chi connectivity index (χ4n) is 1.96. The summed E-state index contributed by atoms with van der Waals surface area (Å²) in [5.41, 5.74) is 4.70. The summed E-state index contributed by atoms with van der Waals surface area (Å²) >= 11 is 0. The zero-order chi connectivity index (χ0) is 17.5. The maximum Gasteiger partial charge on any atom is 0.293 e. The average molecular weight is 322 g/mol. The molecule has 2 rings (SSSR count). The number of amides is 1. The van der Waals surface area contributed by atoms with Gasteiger partial charge in [-0.25, -0.2) is 10.9 Å². The predicted molar refractivity (Wildman–Crippen MR) is 95.8 cm³/mol. The summed E-state index contributed by atoms with van der Waals surface area (Å²) in [7, 11) is 0. The summed E-state index contributed by atoms with van der Waals surface area (Å²) in [6, 6.07) is 15.6. The van der Waals surface area contributed by atoms with Crippen molar-refractivity contribution < 1.29 is 9.59 Å². The Morgan fingerprint density at radius 1 is 1.17 bits per heavy atom. The van der Waals surface area contributed by atoms with Crippen LogP contribution in [0.2, 0.25) is 0 Å². The molecule has 24 heavy (non-hydrogen) atoms. The van der Waals surface area contributed by atoms with Gasteiger partial charge in [0.25, 0.3) is 5.91 Å². The van der Waals surface area contributed by atoms with Gasteiger partial charge < -0.3 is 0 Å². The molecule has 0 fully saturated rings. The van der Waals surface area contributed by atoms with Crippen LogP contribution in [0, 0.1) is 0 Å². The van der Waals surface area contributed by atoms with Crippen molar-refractivity contribution in [2.24, 2.45) is 10.9 Å². The highest BCUT2D eigenvalue weighted by Crippen LogP contribution is 2.14. The zero-order valence-electron chi connectivity index (χ0n) is 13.3. The molecule has 0 saturated heterocycles. The number of anilines is 2. The van der Waals surface area contributed by atoms with Crippen molar-refractivity contribution in [3.8, 4) is 0 Å². The smallest absolute Gasteiger partial charge is 0.293 e. The van der Waals surface area contributed by atoms with Crippen LogP contribution in [-0.2, 0) is 4.79 Å². The lowest BCUT2D eigenvalue weighted by Gasteiger charge is -2.18. The Morgan fingerprint density at radius 2 is 1.79 bits per heavy atom. The Bertz CT molecular complexity index is 785. The molecule has 2 aromatic carbocycles. The molecule has 122 valence electrons. The minimum absolute atomic E-state index is 0.0713. The third-order valence-electron chi connectivity index (χ3n) is 3.24. The minimum Gasteiger partial charge on any atom is -0.298 e. The van der Waals surface area contributed by atoms with Gasteiger partial charge in [-0.2, -0.15) is 5.10 Å². The molecule has 0 atom stereocenters. The zero-order valence-corrected chi connectivity index (χ0v) is 13.3. The molecule has 0 spiro atoms. The quantitative estimate of drug-likeness (QED) is 0.281. The summed E-state index contributed by atoms with van der Waals surface area (Å²) in [5.74, 6) is 5.37. The van der Waals surface area contributed by atoms with Crippen LogP contribution in [0.25, 0.3) is 0 Å². The van der Waals surface area contributed by atoms with E-state index in [-0.39, 0.29) is 5.71 Å². The van der Waals surface area contributed by atoms with Gasteiger partial charge in [-0.15, -0.1) is 0 Å². The van der Waals surface area contributed by atoms with Crippen LogP contribution < -0.4 is 16.3 Å². The van der Waals surface area contributed by atoms with Crippen molar-refractivity contribution in [3.05, 3.63) is 72.3 Å². The second-order valence-corrected chi connectivity index (χ2v) is 5.07. The summed E-state index contributed by atoms with van der Waals surface area (Å²) in [6.07, 6.45) is 0.708. The molecule has 0 unspecified atom stereocenters. The van der Waals surface area contributed by atoms with E-state index in [1.54, 1.807) is 55.5 Å². The number of para-hydroxylation sites is 2. The molecule has 0 saturated carbocycles. The number of benzene rings is 2. The Balaban J connectivity index is 2.27. The van der Waals surface area contributed by atoms with Gasteiger partial charge in [0.2, 0.25) is 0 Å². The summed E-state index contributed by atoms with van der Waals surface area (Å²) in [5, 5.41) is 5.09. The van der Waals surface area contributed by atoms with Crippen molar-refractivity contribution in [2.45, 2.75) is 6.92 Å². The number of hydrazone groups is 1. The number of carbonyl (C=O) groups excluding carboxylic acids is 2. The lowest BCUT2D eigenvalue weighted by atomic mass is 10.2. The second-order valence-electron chi connectivity index (χ2n) is 5.07. The number of hydrogen-bond acceptors (Lipinski definition) is 5. The fraction of sp³-hybridized carbons (Fsp3) is 0.0556. The van der Waals surface area contributed by atoms with E-state index in [1.165, 1.54) is 0 Å². The van der Waals surface area contributed by atoms with Gasteiger partial charge in [-0.05, 0) is 36.8 Å². The van der Waals surface area contributed by atoms with E-state index < -0.39 is 5.91 Å². The molecule has 0 aliphatic carbocycles. The van der Waals surface area contributed by atoms with Crippen molar-refractivity contribution >= 4 is 29.3 Å². The first-order valence-electron chi connectivity index (χ1n) is 7.22. The molecule has 6 heteroatoms. The second kappa shape index (κ2) is 7.85. The molecule has 0 aromatic heterocycles. The number of nitrogens with two attached hydrogens (primary N) is 1. The van der Waals surface area contributed by atoms with Crippen LogP contribution in [0.15, 0.2) is 71.9 Å². The standard InChI is InChI=1S/C18H18N4O2/c1-13(2)17(18(24)22(19)15-9-4-3-5-10-15)21-20-16-11-7-6-8-14(16)12-23/h3-12,20H,1,19H2,2H3/b21-17-. The molecule has 6 nitrogen and oxygen atoms in total. The maximum absolute atomic E-state index is 12.6. The van der Waals surface area contributed by atoms with Crippen LogP contribution in [0.5, 0.6) is 0 Å². The number of nitrogens with one attached hydrogen (secondary N) is 1. The molecule has 1 amide bonds. The van der Waals surface area contributed by atoms with E-state index in [4.69, 9.17) is 5.84 Å². The Hall–Kier alpha value is -3.25. The van der Waals surface area contributed by atoms with E-state index >= 15 is 0 Å². The van der Waals surface area contributed by atoms with E-state index in [1.807, 2.05) is 6.07 Å². The van der Waals surface area contributed by atoms with Crippen LogP contribution >= 0.6 is 0 Å². The van der Waals surface area contributed by atoms with Crippen molar-refractivity contribution in [2.75, 3.05) is 10.4 Å². The minimum atomic E-state index is -0.509. The SMILES string of the molecule is C=C(C)/C(=N/Nc1ccccc1C=O)C(=O)N(N)c1ccccc1. The highest BCUT2D eigenvalue weighted by Gasteiger charge is 2.19. The van der Waals surface area contributed by atoms with E-state index in [9.17, 15) is 9.59 Å². The first-order chi connectivity index (χ1) is 11.5. The average Bonchev–Trinajstić information content (AvgIpc) is 2.61. The van der Waals surface area contributed by atoms with E-state index in [0.29, 0.717) is 28.8 Å². The number of carbonyl (C=O) groups is 2. The highest BCUT2D eigenvalue weighted by molar-refractivity contribution is 6.49. The molecule has 0 aliphatic heterocycles. The summed E-state index contributed by atoms with van der Waals surface area (Å²) in [4.78, 5) is 23.6. The third-order valence-corrected chi connectivity index (χ3v) is 3.24. The van der Waals surface area contributed by atoms with Gasteiger partial charge in [0.05, 0.1) is 11.4 Å². The molecule has 0 aliphatic rings. The van der Waals surface area contributed by atoms with Crippen LogP contribution in [-0.4, -0.2) is 17.9 Å². The van der Waals surface area contributed by atoms with E-state index in [2.05, 4.69) is 17.1 Å². The number of hydrogen-bond donors (Lipinski definition) is 2. The van der Waals surface area contributed by atoms with Gasteiger partial charge in [-0.3, -0.25) is 15.0 Å². The van der Waals surface area contributed by atoms with Crippen LogP contribution in [0.3, 0.4) is 0 Å². The molecule has 3 N–H and O–H groups in total. The van der Waals surface area contributed by atoms with Crippen molar-refractivity contribution in [1.29, 1.82) is 0 Å². The first kappa shape index (κ1) is 17.1. The summed E-state index contributed by atoms with van der Waals surface area (Å²) in [6.45, 7) is 5.42. The van der Waals surface area contributed by atoms with Gasteiger partial charge in [0, 0.05) is 5.56 Å². The summed E-state index contributed by atoms with van der Waals surface area (Å²) < 4.78 is 0. The largest absolute Gasteiger partial charge is 0.298 e. The third kappa shape index (κ3) is 3.93. The predicted octanol–water partition coefficient (Wildman–Crippen LogP) is 2.75. The maximum atomic E-state index is 12.6. The highest BCUT2D eigenvalue weighted by atomic mass is 16.2. The molecule has 0 radical (unpaired) electrons. The molecular weight excluding hydrogens is 304 g/mol. The topological polar surface area (TPSA) is 87.8 Å². The van der Waals surface area contributed by atoms with Gasteiger partial charge in [0.15, 0.2) is 12.0 Å². The van der Waals surface area contributed by atoms with E-state index in [0.717, 1.165) is 5.01 Å². The Labute approximate surface area is 140 Å². The number of hydrazine groups is 1. The van der Waals surface area contributed by atoms with Gasteiger partial charge in [-0.1, -0.05) is 36.9 Å². The molecule has 0 bridgehead atoms. The van der Waals surface area contributed by atoms with Gasteiger partial charge >= 0.3 is 0 Å². The molecule has 2 aromatic rings. The fourth-order valence-corrected chi connectivity index (χ4v) is 1.96. The molecule has 0 heterocycles. The lowest BCUT2D eigenvalue weighted by Crippen LogP contribution is -2.42. The van der Waals surface area contributed by atoms with Gasteiger partial charge in [0.1, 0.15) is 0 Å².